The number of rotatable bonds is 6. The molecule has 4 aromatic carbocycles. The van der Waals surface area contributed by atoms with Crippen molar-refractivity contribution in [1.82, 2.24) is 0 Å². The van der Waals surface area contributed by atoms with E-state index in [0.29, 0.717) is 11.5 Å². The van der Waals surface area contributed by atoms with Crippen LogP contribution in [0.5, 0.6) is 11.5 Å². The third-order valence-electron chi connectivity index (χ3n) is 5.60. The Morgan fingerprint density at radius 3 is 1.62 bits per heavy atom. The highest BCUT2D eigenvalue weighted by Gasteiger charge is 2.16. The minimum Gasteiger partial charge on any atom is -0.493 e. The highest BCUT2D eigenvalue weighted by atomic mass is 31.1. The minimum atomic E-state index is -0.611. The van der Waals surface area contributed by atoms with Crippen LogP contribution in [-0.2, 0) is 0 Å². The highest BCUT2D eigenvalue weighted by Crippen LogP contribution is 2.33. The molecule has 0 amide bonds. The molecule has 4 aromatic rings. The van der Waals surface area contributed by atoms with E-state index in [1.165, 1.54) is 21.5 Å². The predicted molar refractivity (Wildman–Crippen MR) is 138 cm³/mol. The molecule has 160 valence electrons. The van der Waals surface area contributed by atoms with Gasteiger partial charge < -0.3 is 9.47 Å². The zero-order chi connectivity index (χ0) is 22.5. The smallest absolute Gasteiger partial charge is 0.161 e. The third kappa shape index (κ3) is 4.47. The molecule has 2 nitrogen and oxygen atoms in total. The number of benzene rings is 4. The summed E-state index contributed by atoms with van der Waals surface area (Å²) in [4.78, 5) is 0. The monoisotopic (exact) mass is 438 g/mol. The van der Waals surface area contributed by atoms with Gasteiger partial charge in [-0.15, -0.1) is 0 Å². The van der Waals surface area contributed by atoms with E-state index in [1.807, 2.05) is 12.1 Å². The Bertz CT molecular complexity index is 1260. The molecular weight excluding hydrogens is 411 g/mol. The normalized spacial score (nSPS) is 11.9. The molecule has 0 spiro atoms. The second-order valence-electron chi connectivity index (χ2n) is 7.54. The van der Waals surface area contributed by atoms with Crippen LogP contribution in [0.2, 0.25) is 0 Å². The average Bonchev–Trinajstić information content (AvgIpc) is 2.85. The van der Waals surface area contributed by atoms with Crippen LogP contribution in [0.3, 0.4) is 0 Å². The van der Waals surface area contributed by atoms with Crippen LogP contribution in [0.25, 0.3) is 12.2 Å². The largest absolute Gasteiger partial charge is 0.493 e. The summed E-state index contributed by atoms with van der Waals surface area (Å²) >= 11 is 0. The molecule has 0 heterocycles. The van der Waals surface area contributed by atoms with E-state index in [9.17, 15) is 0 Å². The summed E-state index contributed by atoms with van der Waals surface area (Å²) in [5.41, 5.74) is 2.33. The zero-order valence-corrected chi connectivity index (χ0v) is 19.6. The summed E-state index contributed by atoms with van der Waals surface area (Å²) in [6, 6.07) is 34.4. The first kappa shape index (κ1) is 21.9. The van der Waals surface area contributed by atoms with Gasteiger partial charge in [0, 0.05) is 0 Å². The molecule has 0 saturated carbocycles. The molecular formula is C29H27O2P. The Morgan fingerprint density at radius 1 is 0.656 bits per heavy atom. The summed E-state index contributed by atoms with van der Waals surface area (Å²) in [6.45, 7) is 6.35. The van der Waals surface area contributed by atoms with Crippen LogP contribution in [0.1, 0.15) is 12.5 Å². The van der Waals surface area contributed by atoms with Gasteiger partial charge in [0.15, 0.2) is 11.5 Å². The van der Waals surface area contributed by atoms with Gasteiger partial charge in [-0.05, 0) is 64.5 Å². The van der Waals surface area contributed by atoms with Gasteiger partial charge in [-0.25, -0.2) is 0 Å². The average molecular weight is 439 g/mol. The highest BCUT2D eigenvalue weighted by molar-refractivity contribution is 7.79. The summed E-state index contributed by atoms with van der Waals surface area (Å²) in [7, 11) is 2.69. The second-order valence-corrected chi connectivity index (χ2v) is 9.76. The molecule has 0 bridgehead atoms. The van der Waals surface area contributed by atoms with Crippen molar-refractivity contribution in [3.05, 3.63) is 113 Å². The molecule has 0 saturated heterocycles. The van der Waals surface area contributed by atoms with Crippen molar-refractivity contribution >= 4 is 36.0 Å². The van der Waals surface area contributed by atoms with E-state index >= 15 is 0 Å². The van der Waals surface area contributed by atoms with Crippen molar-refractivity contribution < 1.29 is 9.47 Å². The van der Waals surface area contributed by atoms with Gasteiger partial charge in [-0.1, -0.05) is 91.5 Å². The molecule has 0 aliphatic carbocycles. The number of ether oxygens (including phenoxy) is 2. The van der Waals surface area contributed by atoms with Crippen LogP contribution in [0.15, 0.2) is 97.1 Å². The Hall–Kier alpha value is -3.35. The van der Waals surface area contributed by atoms with Crippen molar-refractivity contribution in [3.8, 4) is 11.5 Å². The number of hydrogen-bond acceptors (Lipinski definition) is 2. The molecule has 0 radical (unpaired) electrons. The lowest BCUT2D eigenvalue weighted by Gasteiger charge is -2.19. The van der Waals surface area contributed by atoms with E-state index in [2.05, 4.69) is 98.4 Å². The number of methoxy groups -OCH3 is 2. The quantitative estimate of drug-likeness (QED) is 0.422. The Morgan fingerprint density at radius 2 is 1.12 bits per heavy atom. The maximum Gasteiger partial charge on any atom is 0.161 e. The van der Waals surface area contributed by atoms with Crippen molar-refractivity contribution in [2.75, 3.05) is 14.2 Å². The third-order valence-corrected chi connectivity index (χ3v) is 8.04. The van der Waals surface area contributed by atoms with Gasteiger partial charge in [0.1, 0.15) is 0 Å². The zero-order valence-electron chi connectivity index (χ0n) is 18.7. The molecule has 3 heteroatoms. The number of hydrogen-bond donors (Lipinski definition) is 0. The van der Waals surface area contributed by atoms with Gasteiger partial charge in [-0.2, -0.15) is 0 Å². The summed E-state index contributed by atoms with van der Waals surface area (Å²) in [5, 5.41) is 6.00. The van der Waals surface area contributed by atoms with E-state index < -0.39 is 7.92 Å². The first-order chi connectivity index (χ1) is 15.6. The summed E-state index contributed by atoms with van der Waals surface area (Å²) in [6.07, 6.45) is 0. The first-order valence-electron chi connectivity index (χ1n) is 10.5. The second kappa shape index (κ2) is 9.85. The van der Waals surface area contributed by atoms with Crippen LogP contribution in [0.4, 0.5) is 0 Å². The lowest BCUT2D eigenvalue weighted by Crippen LogP contribution is -2.26. The summed E-state index contributed by atoms with van der Waals surface area (Å²) < 4.78 is 10.9. The fraction of sp³-hybridized carbons (Fsp3) is 0.103. The Balaban J connectivity index is 1.78. The standard InChI is InChI=1S/C29H27O2P/c1-21-19-28(30-3)29(31-4)20-27(21)22(2)23-15-17-26(18-16-23)32(24-11-7-5-8-12-24)25-13-9-6-10-14-25/h5-20H,1H2,2-4H3/b27-22+. The topological polar surface area (TPSA) is 18.5 Å². The molecule has 32 heavy (non-hydrogen) atoms. The van der Waals surface area contributed by atoms with Crippen molar-refractivity contribution in [2.45, 2.75) is 6.92 Å². The van der Waals surface area contributed by atoms with Gasteiger partial charge in [0.2, 0.25) is 0 Å². The predicted octanol–water partition coefficient (Wildman–Crippen LogP) is 4.09. The summed E-state index contributed by atoms with van der Waals surface area (Å²) in [5.74, 6) is 1.41. The molecule has 0 fully saturated rings. The van der Waals surface area contributed by atoms with E-state index in [1.54, 1.807) is 14.2 Å². The lowest BCUT2D eigenvalue weighted by atomic mass is 10.0. The molecule has 4 rings (SSSR count). The van der Waals surface area contributed by atoms with E-state index in [4.69, 9.17) is 9.47 Å². The maximum absolute atomic E-state index is 5.50. The molecule has 0 aliphatic rings. The molecule has 0 atom stereocenters. The van der Waals surface area contributed by atoms with E-state index in [-0.39, 0.29) is 0 Å². The Kier molecular flexibility index (Phi) is 6.73. The fourth-order valence-corrected chi connectivity index (χ4v) is 6.17. The van der Waals surface area contributed by atoms with Crippen LogP contribution >= 0.6 is 7.92 Å². The molecule has 0 N–H and O–H groups in total. The van der Waals surface area contributed by atoms with Crippen LogP contribution in [-0.4, -0.2) is 14.2 Å². The van der Waals surface area contributed by atoms with Gasteiger partial charge in [0.25, 0.3) is 0 Å². The van der Waals surface area contributed by atoms with Crippen LogP contribution in [0, 0.1) is 0 Å². The van der Waals surface area contributed by atoms with Gasteiger partial charge in [-0.3, -0.25) is 0 Å². The van der Waals surface area contributed by atoms with Crippen molar-refractivity contribution in [1.29, 1.82) is 0 Å². The lowest BCUT2D eigenvalue weighted by molar-refractivity contribution is 0.354. The SMILES string of the molecule is C=c1cc(OC)c(OC)c/c1=C(/C)c1ccc(P(c2ccccc2)c2ccccc2)cc1. The maximum atomic E-state index is 5.50. The van der Waals surface area contributed by atoms with Crippen molar-refractivity contribution in [2.24, 2.45) is 0 Å². The minimum absolute atomic E-state index is 0.611. The van der Waals surface area contributed by atoms with Crippen molar-refractivity contribution in [3.63, 3.8) is 0 Å². The Labute approximate surface area is 191 Å². The van der Waals surface area contributed by atoms with Gasteiger partial charge >= 0.3 is 0 Å². The molecule has 0 aliphatic heterocycles. The molecule has 0 unspecified atom stereocenters. The fourth-order valence-electron chi connectivity index (χ4n) is 3.89. The molecule has 0 aromatic heterocycles. The first-order valence-corrected chi connectivity index (χ1v) is 11.9. The van der Waals surface area contributed by atoms with Crippen LogP contribution < -0.4 is 35.8 Å². The van der Waals surface area contributed by atoms with Gasteiger partial charge in [0.05, 0.1) is 14.2 Å². The van der Waals surface area contributed by atoms with E-state index in [0.717, 1.165) is 16.0 Å².